The van der Waals surface area contributed by atoms with Crippen LogP contribution in [0.5, 0.6) is 0 Å². The lowest BCUT2D eigenvalue weighted by molar-refractivity contribution is -0.143. The van der Waals surface area contributed by atoms with Crippen LogP contribution in [0.2, 0.25) is 0 Å². The van der Waals surface area contributed by atoms with E-state index in [0.29, 0.717) is 5.92 Å². The minimum absolute atomic E-state index is 0.686. The molecule has 0 bridgehead atoms. The highest BCUT2D eigenvalue weighted by molar-refractivity contribution is 5.83. The van der Waals surface area contributed by atoms with E-state index in [0.717, 1.165) is 43.4 Å². The monoisotopic (exact) mass is 261 g/mol. The molecule has 0 unspecified atom stereocenters. The van der Waals surface area contributed by atoms with Gasteiger partial charge in [0.15, 0.2) is 0 Å². The van der Waals surface area contributed by atoms with E-state index < -0.39 is 11.5 Å². The second kappa shape index (κ2) is 5.64. The van der Waals surface area contributed by atoms with Crippen LogP contribution >= 0.6 is 0 Å². The fraction of sp³-hybridized carbons (Fsp3) is 0.562. The summed E-state index contributed by atoms with van der Waals surface area (Å²) in [5.74, 6) is -0.0311. The normalized spacial score (nSPS) is 26.9. The van der Waals surface area contributed by atoms with Gasteiger partial charge in [0.25, 0.3) is 0 Å². The van der Waals surface area contributed by atoms with Crippen LogP contribution in [0, 0.1) is 12.8 Å². The highest BCUT2D eigenvalue weighted by atomic mass is 16.4. The first-order valence-electron chi connectivity index (χ1n) is 7.14. The van der Waals surface area contributed by atoms with Gasteiger partial charge in [0.05, 0.1) is 0 Å². The van der Waals surface area contributed by atoms with Crippen molar-refractivity contribution in [2.45, 2.75) is 51.5 Å². The summed E-state index contributed by atoms with van der Waals surface area (Å²) >= 11 is 0. The average molecular weight is 261 g/mol. The summed E-state index contributed by atoms with van der Waals surface area (Å²) in [6.45, 7) is 4.20. The van der Waals surface area contributed by atoms with Crippen molar-refractivity contribution in [3.05, 3.63) is 29.8 Å². The summed E-state index contributed by atoms with van der Waals surface area (Å²) < 4.78 is 0. The summed E-state index contributed by atoms with van der Waals surface area (Å²) in [6.07, 6.45) is 4.59. The predicted molar refractivity (Wildman–Crippen MR) is 77.4 cm³/mol. The standard InChI is InChI=1S/C16H23NO2/c1-3-13-8-10-16(11-9-13,15(18)19)17-14-7-5-4-6-12(14)2/h4-7,13,17H,3,8-11H2,1-2H3,(H,18,19). The fourth-order valence-corrected chi connectivity index (χ4v) is 2.94. The van der Waals surface area contributed by atoms with Crippen LogP contribution in [0.25, 0.3) is 0 Å². The van der Waals surface area contributed by atoms with E-state index in [4.69, 9.17) is 0 Å². The molecule has 1 aromatic carbocycles. The zero-order chi connectivity index (χ0) is 13.9. The van der Waals surface area contributed by atoms with Crippen LogP contribution in [-0.2, 0) is 4.79 Å². The molecule has 1 aliphatic carbocycles. The molecule has 0 aromatic heterocycles. The number of carboxylic acids is 1. The number of aryl methyl sites for hydroxylation is 1. The molecule has 2 N–H and O–H groups in total. The van der Waals surface area contributed by atoms with Gasteiger partial charge in [-0.3, -0.25) is 0 Å². The second-order valence-electron chi connectivity index (χ2n) is 5.68. The zero-order valence-corrected chi connectivity index (χ0v) is 11.8. The number of hydrogen-bond donors (Lipinski definition) is 2. The average Bonchev–Trinajstić information content (AvgIpc) is 2.42. The van der Waals surface area contributed by atoms with Crippen molar-refractivity contribution in [1.29, 1.82) is 0 Å². The maximum absolute atomic E-state index is 11.7. The summed E-state index contributed by atoms with van der Waals surface area (Å²) in [5, 5.41) is 12.9. The van der Waals surface area contributed by atoms with E-state index >= 15 is 0 Å². The largest absolute Gasteiger partial charge is 0.480 e. The lowest BCUT2D eigenvalue weighted by atomic mass is 9.75. The third-order valence-electron chi connectivity index (χ3n) is 4.46. The summed E-state index contributed by atoms with van der Waals surface area (Å²) in [5.41, 5.74) is 1.26. The molecule has 0 saturated heterocycles. The molecule has 1 fully saturated rings. The third kappa shape index (κ3) is 2.91. The number of nitrogens with one attached hydrogen (secondary N) is 1. The van der Waals surface area contributed by atoms with Gasteiger partial charge in [-0.2, -0.15) is 0 Å². The molecule has 1 aliphatic rings. The van der Waals surface area contributed by atoms with Crippen molar-refractivity contribution >= 4 is 11.7 Å². The van der Waals surface area contributed by atoms with Gasteiger partial charge in [-0.05, 0) is 50.2 Å². The molecule has 0 aliphatic heterocycles. The number of aliphatic carboxylic acids is 1. The van der Waals surface area contributed by atoms with Gasteiger partial charge in [-0.25, -0.2) is 4.79 Å². The summed E-state index contributed by atoms with van der Waals surface area (Å²) in [6, 6.07) is 7.89. The minimum Gasteiger partial charge on any atom is -0.480 e. The Balaban J connectivity index is 2.18. The Morgan fingerprint density at radius 1 is 1.37 bits per heavy atom. The van der Waals surface area contributed by atoms with Crippen molar-refractivity contribution in [1.82, 2.24) is 0 Å². The number of hydrogen-bond acceptors (Lipinski definition) is 2. The molecule has 104 valence electrons. The number of para-hydroxylation sites is 1. The van der Waals surface area contributed by atoms with E-state index in [9.17, 15) is 9.90 Å². The molecule has 0 spiro atoms. The molecule has 1 aromatic rings. The first kappa shape index (κ1) is 13.9. The SMILES string of the molecule is CCC1CCC(Nc2ccccc2C)(C(=O)O)CC1. The summed E-state index contributed by atoms with van der Waals surface area (Å²) in [4.78, 5) is 11.7. The van der Waals surface area contributed by atoms with Crippen molar-refractivity contribution in [2.24, 2.45) is 5.92 Å². The molecule has 0 amide bonds. The van der Waals surface area contributed by atoms with Crippen LogP contribution < -0.4 is 5.32 Å². The number of rotatable bonds is 4. The van der Waals surface area contributed by atoms with Crippen LogP contribution in [-0.4, -0.2) is 16.6 Å². The highest BCUT2D eigenvalue weighted by Gasteiger charge is 2.41. The number of anilines is 1. The molecule has 3 heteroatoms. The van der Waals surface area contributed by atoms with E-state index in [2.05, 4.69) is 12.2 Å². The first-order valence-corrected chi connectivity index (χ1v) is 7.14. The zero-order valence-electron chi connectivity index (χ0n) is 11.8. The number of carbonyl (C=O) groups is 1. The Bertz CT molecular complexity index is 448. The predicted octanol–water partition coefficient (Wildman–Crippen LogP) is 3.83. The first-order chi connectivity index (χ1) is 9.07. The topological polar surface area (TPSA) is 49.3 Å². The van der Waals surface area contributed by atoms with Gasteiger partial charge in [0.2, 0.25) is 0 Å². The van der Waals surface area contributed by atoms with Gasteiger partial charge in [0.1, 0.15) is 5.54 Å². The Morgan fingerprint density at radius 3 is 2.53 bits per heavy atom. The van der Waals surface area contributed by atoms with E-state index in [1.165, 1.54) is 0 Å². The van der Waals surface area contributed by atoms with Gasteiger partial charge in [-0.1, -0.05) is 31.5 Å². The highest BCUT2D eigenvalue weighted by Crippen LogP contribution is 2.36. The molecule has 0 atom stereocenters. The summed E-state index contributed by atoms with van der Waals surface area (Å²) in [7, 11) is 0. The number of carboxylic acid groups (broad SMARTS) is 1. The molecule has 1 saturated carbocycles. The van der Waals surface area contributed by atoms with Crippen LogP contribution in [0.4, 0.5) is 5.69 Å². The fourth-order valence-electron chi connectivity index (χ4n) is 2.94. The maximum Gasteiger partial charge on any atom is 0.329 e. The Kier molecular flexibility index (Phi) is 4.13. The molecule has 19 heavy (non-hydrogen) atoms. The molecule has 0 heterocycles. The van der Waals surface area contributed by atoms with Crippen LogP contribution in [0.3, 0.4) is 0 Å². The molecule has 0 radical (unpaired) electrons. The van der Waals surface area contributed by atoms with Gasteiger partial charge in [0, 0.05) is 5.69 Å². The van der Waals surface area contributed by atoms with E-state index in [-0.39, 0.29) is 0 Å². The van der Waals surface area contributed by atoms with Gasteiger partial charge in [-0.15, -0.1) is 0 Å². The molecular weight excluding hydrogens is 238 g/mol. The third-order valence-corrected chi connectivity index (χ3v) is 4.46. The Hall–Kier alpha value is -1.51. The van der Waals surface area contributed by atoms with Crippen molar-refractivity contribution in [3.8, 4) is 0 Å². The second-order valence-corrected chi connectivity index (χ2v) is 5.68. The van der Waals surface area contributed by atoms with E-state index in [1.807, 2.05) is 31.2 Å². The van der Waals surface area contributed by atoms with Gasteiger partial charge >= 0.3 is 5.97 Å². The molecule has 3 nitrogen and oxygen atoms in total. The van der Waals surface area contributed by atoms with Crippen molar-refractivity contribution in [3.63, 3.8) is 0 Å². The van der Waals surface area contributed by atoms with Crippen LogP contribution in [0.15, 0.2) is 24.3 Å². The van der Waals surface area contributed by atoms with Crippen LogP contribution in [0.1, 0.15) is 44.6 Å². The van der Waals surface area contributed by atoms with Crippen molar-refractivity contribution in [2.75, 3.05) is 5.32 Å². The minimum atomic E-state index is -0.780. The Morgan fingerprint density at radius 2 is 2.00 bits per heavy atom. The smallest absolute Gasteiger partial charge is 0.329 e. The van der Waals surface area contributed by atoms with Gasteiger partial charge < -0.3 is 10.4 Å². The maximum atomic E-state index is 11.7. The lowest BCUT2D eigenvalue weighted by Gasteiger charge is -2.38. The number of benzene rings is 1. The van der Waals surface area contributed by atoms with E-state index in [1.54, 1.807) is 0 Å². The molecule has 2 rings (SSSR count). The quantitative estimate of drug-likeness (QED) is 0.866. The molecular formula is C16H23NO2. The lowest BCUT2D eigenvalue weighted by Crippen LogP contribution is -2.49. The van der Waals surface area contributed by atoms with Crippen molar-refractivity contribution < 1.29 is 9.90 Å². The Labute approximate surface area is 115 Å².